The van der Waals surface area contributed by atoms with Gasteiger partial charge in [-0.3, -0.25) is 4.79 Å². The highest BCUT2D eigenvalue weighted by Gasteiger charge is 2.38. The molecule has 1 aliphatic carbocycles. The van der Waals surface area contributed by atoms with E-state index in [2.05, 4.69) is 5.32 Å². The standard InChI is InChI=1S/C20H17ClF5NO3S/c21-16-9-11(1-7-18(16)23)19(28)27-12-2-4-13(5-3-12)31(29,30)14-6-8-17(22)15(10-14)20(24,25)26/h1,6-10,12-13H,2-5H2,(H,27,28). The second-order valence-corrected chi connectivity index (χ2v) is 9.90. The first-order valence-corrected chi connectivity index (χ1v) is 11.2. The highest BCUT2D eigenvalue weighted by molar-refractivity contribution is 7.92. The minimum atomic E-state index is -5.01. The molecule has 0 atom stereocenters. The molecule has 3 rings (SSSR count). The molecular formula is C20H17ClF5NO3S. The van der Waals surface area contributed by atoms with Crippen LogP contribution in [-0.2, 0) is 16.0 Å². The van der Waals surface area contributed by atoms with Gasteiger partial charge in [0.05, 0.1) is 20.7 Å². The average Bonchev–Trinajstić information content (AvgIpc) is 2.69. The maximum Gasteiger partial charge on any atom is 0.419 e. The Morgan fingerprint density at radius 2 is 1.58 bits per heavy atom. The second kappa shape index (κ2) is 8.74. The van der Waals surface area contributed by atoms with Gasteiger partial charge in [0.1, 0.15) is 11.6 Å². The molecule has 1 N–H and O–H groups in total. The van der Waals surface area contributed by atoms with Crippen LogP contribution in [0.2, 0.25) is 5.02 Å². The number of benzene rings is 2. The Kier molecular flexibility index (Phi) is 6.61. The molecule has 1 aliphatic rings. The van der Waals surface area contributed by atoms with Crippen LogP contribution in [0.1, 0.15) is 41.6 Å². The van der Waals surface area contributed by atoms with Gasteiger partial charge in [-0.15, -0.1) is 0 Å². The van der Waals surface area contributed by atoms with Crippen LogP contribution in [0.4, 0.5) is 22.0 Å². The number of hydrogen-bond acceptors (Lipinski definition) is 3. The van der Waals surface area contributed by atoms with Crippen LogP contribution in [0.15, 0.2) is 41.3 Å². The second-order valence-electron chi connectivity index (χ2n) is 7.26. The number of alkyl halides is 3. The number of amides is 1. The van der Waals surface area contributed by atoms with Crippen molar-refractivity contribution in [2.75, 3.05) is 0 Å². The minimum absolute atomic E-state index is 0.107. The van der Waals surface area contributed by atoms with Crippen molar-refractivity contribution in [3.8, 4) is 0 Å². The molecule has 2 aromatic rings. The summed E-state index contributed by atoms with van der Waals surface area (Å²) in [6.07, 6.45) is -4.25. The van der Waals surface area contributed by atoms with Gasteiger partial charge < -0.3 is 5.32 Å². The molecule has 4 nitrogen and oxygen atoms in total. The topological polar surface area (TPSA) is 63.2 Å². The molecule has 1 fully saturated rings. The number of halogens is 6. The Morgan fingerprint density at radius 1 is 0.968 bits per heavy atom. The van der Waals surface area contributed by atoms with Gasteiger partial charge in [0.2, 0.25) is 0 Å². The summed E-state index contributed by atoms with van der Waals surface area (Å²) in [4.78, 5) is 11.7. The van der Waals surface area contributed by atoms with Crippen molar-refractivity contribution in [1.29, 1.82) is 0 Å². The molecule has 0 aliphatic heterocycles. The van der Waals surface area contributed by atoms with Crippen molar-refractivity contribution in [3.05, 3.63) is 64.2 Å². The summed E-state index contributed by atoms with van der Waals surface area (Å²) >= 11 is 5.66. The van der Waals surface area contributed by atoms with Gasteiger partial charge in [0, 0.05) is 11.6 Å². The molecule has 0 unspecified atom stereocenters. The number of nitrogens with one attached hydrogen (secondary N) is 1. The first-order chi connectivity index (χ1) is 14.4. The summed E-state index contributed by atoms with van der Waals surface area (Å²) < 4.78 is 91.0. The monoisotopic (exact) mass is 481 g/mol. The van der Waals surface area contributed by atoms with Gasteiger partial charge in [-0.25, -0.2) is 17.2 Å². The van der Waals surface area contributed by atoms with E-state index in [9.17, 15) is 35.2 Å². The molecule has 2 aromatic carbocycles. The third-order valence-electron chi connectivity index (χ3n) is 5.20. The molecule has 1 saturated carbocycles. The summed E-state index contributed by atoms with van der Waals surface area (Å²) in [5, 5.41) is 1.56. The normalized spacial score (nSPS) is 19.8. The van der Waals surface area contributed by atoms with E-state index in [-0.39, 0.29) is 42.3 Å². The van der Waals surface area contributed by atoms with E-state index in [0.717, 1.165) is 12.1 Å². The number of carbonyl (C=O) groups excluding carboxylic acids is 1. The zero-order valence-corrected chi connectivity index (χ0v) is 17.4. The van der Waals surface area contributed by atoms with Crippen molar-refractivity contribution in [2.45, 2.75) is 48.0 Å². The lowest BCUT2D eigenvalue weighted by Crippen LogP contribution is -2.40. The SMILES string of the molecule is O=C(NC1CCC(S(=O)(=O)c2ccc(F)c(C(F)(F)F)c2)CC1)c1ccc(F)c(Cl)c1. The molecule has 0 spiro atoms. The average molecular weight is 482 g/mol. The Bertz CT molecular complexity index is 1100. The lowest BCUT2D eigenvalue weighted by molar-refractivity contribution is -0.140. The third kappa shape index (κ3) is 5.17. The molecule has 11 heteroatoms. The van der Waals surface area contributed by atoms with Gasteiger partial charge in [0.15, 0.2) is 9.84 Å². The fraction of sp³-hybridized carbons (Fsp3) is 0.350. The summed E-state index contributed by atoms with van der Waals surface area (Å²) in [6, 6.07) is 4.77. The fourth-order valence-corrected chi connectivity index (χ4v) is 5.51. The lowest BCUT2D eigenvalue weighted by atomic mass is 9.94. The predicted octanol–water partition coefficient (Wildman–Crippen LogP) is 5.15. The van der Waals surface area contributed by atoms with Crippen LogP contribution in [0.3, 0.4) is 0 Å². The predicted molar refractivity (Wildman–Crippen MR) is 104 cm³/mol. The van der Waals surface area contributed by atoms with E-state index in [0.29, 0.717) is 12.1 Å². The van der Waals surface area contributed by atoms with Gasteiger partial charge in [-0.1, -0.05) is 11.6 Å². The van der Waals surface area contributed by atoms with E-state index in [1.54, 1.807) is 0 Å². The number of carbonyl (C=O) groups is 1. The van der Waals surface area contributed by atoms with Crippen LogP contribution in [0.25, 0.3) is 0 Å². The van der Waals surface area contributed by atoms with Crippen LogP contribution in [-0.4, -0.2) is 25.6 Å². The van der Waals surface area contributed by atoms with Crippen molar-refractivity contribution in [1.82, 2.24) is 5.32 Å². The van der Waals surface area contributed by atoms with Crippen molar-refractivity contribution in [3.63, 3.8) is 0 Å². The van der Waals surface area contributed by atoms with Crippen molar-refractivity contribution < 1.29 is 35.2 Å². The van der Waals surface area contributed by atoms with E-state index in [1.165, 1.54) is 12.1 Å². The molecular weight excluding hydrogens is 465 g/mol. The zero-order valence-electron chi connectivity index (χ0n) is 15.8. The summed E-state index contributed by atoms with van der Waals surface area (Å²) in [6.45, 7) is 0. The number of rotatable bonds is 4. The van der Waals surface area contributed by atoms with E-state index >= 15 is 0 Å². The maximum absolute atomic E-state index is 13.5. The first kappa shape index (κ1) is 23.5. The Hall–Kier alpha value is -2.20. The van der Waals surface area contributed by atoms with E-state index < -0.39 is 49.3 Å². The quantitative estimate of drug-likeness (QED) is 0.485. The van der Waals surface area contributed by atoms with Gasteiger partial charge in [-0.2, -0.15) is 13.2 Å². The maximum atomic E-state index is 13.5. The molecule has 31 heavy (non-hydrogen) atoms. The van der Waals surface area contributed by atoms with E-state index in [4.69, 9.17) is 11.6 Å². The van der Waals surface area contributed by atoms with Crippen molar-refractivity contribution in [2.24, 2.45) is 0 Å². The molecule has 1 amide bonds. The Balaban J connectivity index is 1.67. The van der Waals surface area contributed by atoms with Crippen LogP contribution < -0.4 is 5.32 Å². The molecule has 0 bridgehead atoms. The Labute approximate surface area is 180 Å². The Morgan fingerprint density at radius 3 is 2.16 bits per heavy atom. The highest BCUT2D eigenvalue weighted by Crippen LogP contribution is 2.35. The molecule has 0 heterocycles. The lowest BCUT2D eigenvalue weighted by Gasteiger charge is -2.29. The largest absolute Gasteiger partial charge is 0.419 e. The zero-order chi connectivity index (χ0) is 23.0. The molecule has 0 saturated heterocycles. The van der Waals surface area contributed by atoms with Crippen LogP contribution >= 0.6 is 11.6 Å². The fourth-order valence-electron chi connectivity index (χ4n) is 3.51. The summed E-state index contributed by atoms with van der Waals surface area (Å²) in [7, 11) is -4.11. The van der Waals surface area contributed by atoms with Crippen LogP contribution in [0.5, 0.6) is 0 Å². The van der Waals surface area contributed by atoms with E-state index in [1.807, 2.05) is 0 Å². The molecule has 168 valence electrons. The third-order valence-corrected chi connectivity index (χ3v) is 7.75. The summed E-state index contributed by atoms with van der Waals surface area (Å²) in [5.74, 6) is -2.71. The smallest absolute Gasteiger partial charge is 0.349 e. The van der Waals surface area contributed by atoms with Gasteiger partial charge in [0.25, 0.3) is 5.91 Å². The minimum Gasteiger partial charge on any atom is -0.349 e. The van der Waals surface area contributed by atoms with Gasteiger partial charge in [-0.05, 0) is 62.1 Å². The molecule has 0 radical (unpaired) electrons. The van der Waals surface area contributed by atoms with Crippen LogP contribution in [0, 0.1) is 11.6 Å². The molecule has 0 aromatic heterocycles. The number of hydrogen-bond donors (Lipinski definition) is 1. The van der Waals surface area contributed by atoms with Crippen molar-refractivity contribution >= 4 is 27.3 Å². The van der Waals surface area contributed by atoms with Gasteiger partial charge >= 0.3 is 6.18 Å². The highest BCUT2D eigenvalue weighted by atomic mass is 35.5. The first-order valence-electron chi connectivity index (χ1n) is 9.26. The number of sulfone groups is 1. The summed E-state index contributed by atoms with van der Waals surface area (Å²) in [5.41, 5.74) is -1.49.